The number of anilines is 1. The molecular formula is C36H46F3N5O7. The molecule has 278 valence electrons. The summed E-state index contributed by atoms with van der Waals surface area (Å²) in [7, 11) is 0. The molecular weight excluding hydrogens is 671 g/mol. The molecule has 3 aliphatic rings. The fraction of sp³-hybridized carbons (Fsp3) is 0.556. The van der Waals surface area contributed by atoms with Crippen molar-refractivity contribution < 1.29 is 46.5 Å². The molecule has 1 aromatic heterocycles. The van der Waals surface area contributed by atoms with Crippen LogP contribution in [0.2, 0.25) is 0 Å². The number of ether oxygens (including phenoxy) is 4. The van der Waals surface area contributed by atoms with Gasteiger partial charge in [0.25, 0.3) is 6.43 Å². The zero-order valence-corrected chi connectivity index (χ0v) is 29.7. The van der Waals surface area contributed by atoms with E-state index in [9.17, 15) is 27.6 Å². The highest BCUT2D eigenvalue weighted by Crippen LogP contribution is 2.36. The zero-order valence-electron chi connectivity index (χ0n) is 29.7. The maximum atomic E-state index is 14.3. The Bertz CT molecular complexity index is 1600. The molecule has 51 heavy (non-hydrogen) atoms. The van der Waals surface area contributed by atoms with Crippen LogP contribution in [-0.4, -0.2) is 120 Å². The van der Waals surface area contributed by atoms with Gasteiger partial charge in [-0.1, -0.05) is 18.7 Å². The molecule has 2 amide bonds. The lowest BCUT2D eigenvalue weighted by Crippen LogP contribution is -2.65. The number of esters is 1. The van der Waals surface area contributed by atoms with Crippen LogP contribution in [0.4, 0.5) is 23.7 Å². The van der Waals surface area contributed by atoms with Gasteiger partial charge in [-0.15, -0.1) is 0 Å². The Labute approximate surface area is 296 Å². The lowest BCUT2D eigenvalue weighted by Gasteiger charge is -2.48. The van der Waals surface area contributed by atoms with Crippen LogP contribution >= 0.6 is 0 Å². The Morgan fingerprint density at radius 1 is 1.12 bits per heavy atom. The molecule has 0 aliphatic carbocycles. The van der Waals surface area contributed by atoms with Crippen molar-refractivity contribution in [2.45, 2.75) is 77.8 Å². The Kier molecular flexibility index (Phi) is 11.9. The summed E-state index contributed by atoms with van der Waals surface area (Å²) < 4.78 is 63.9. The van der Waals surface area contributed by atoms with Crippen LogP contribution in [0, 0.1) is 5.82 Å². The Balaban J connectivity index is 1.44. The van der Waals surface area contributed by atoms with Crippen molar-refractivity contribution in [3.8, 4) is 5.88 Å². The molecule has 12 nitrogen and oxygen atoms in total. The summed E-state index contributed by atoms with van der Waals surface area (Å²) in [5.74, 6) is -1.10. The van der Waals surface area contributed by atoms with E-state index in [0.717, 1.165) is 5.56 Å². The standard InChI is InChI=1S/C36H46F3N5O7/c1-22-15-42(28(17-43(22)35(47)51-36(4,5)6)16-41-11-12-48-21-31(41)33(38)39)18-32(46)44-23(2)19-50-34-30(44)14-26(29(40-34)20-49-24(3)45)13-25-7-9-27(37)10-8-25/h7-10,14,22,28,31,33H,2,11-13,15-21H2,1,3-6H3/t22-,28+,31+/m1/s1. The van der Waals surface area contributed by atoms with E-state index in [4.69, 9.17) is 18.9 Å². The molecule has 0 spiro atoms. The second kappa shape index (κ2) is 16.0. The van der Waals surface area contributed by atoms with Gasteiger partial charge in [-0.25, -0.2) is 22.9 Å². The van der Waals surface area contributed by atoms with Crippen molar-refractivity contribution >= 4 is 23.7 Å². The predicted octanol–water partition coefficient (Wildman–Crippen LogP) is 4.39. The number of fused-ring (bicyclic) bond motifs is 1. The number of amides is 2. The number of hydrogen-bond acceptors (Lipinski definition) is 10. The molecule has 2 aromatic rings. The van der Waals surface area contributed by atoms with E-state index < -0.39 is 36.2 Å². The van der Waals surface area contributed by atoms with Crippen LogP contribution in [0.15, 0.2) is 42.6 Å². The van der Waals surface area contributed by atoms with Crippen molar-refractivity contribution in [2.24, 2.45) is 0 Å². The van der Waals surface area contributed by atoms with Crippen molar-refractivity contribution in [3.63, 3.8) is 0 Å². The van der Waals surface area contributed by atoms with Crippen molar-refractivity contribution in [1.29, 1.82) is 0 Å². The summed E-state index contributed by atoms with van der Waals surface area (Å²) in [5.41, 5.74) is 1.76. The number of alkyl halides is 2. The van der Waals surface area contributed by atoms with Crippen LogP contribution in [0.5, 0.6) is 5.88 Å². The first-order chi connectivity index (χ1) is 24.1. The first kappa shape index (κ1) is 38.0. The minimum atomic E-state index is -2.64. The van der Waals surface area contributed by atoms with Gasteiger partial charge in [0.1, 0.15) is 30.3 Å². The predicted molar refractivity (Wildman–Crippen MR) is 181 cm³/mol. The molecule has 0 N–H and O–H groups in total. The largest absolute Gasteiger partial charge is 0.470 e. The van der Waals surface area contributed by atoms with Crippen LogP contribution in [0.25, 0.3) is 0 Å². The number of carbonyl (C=O) groups excluding carboxylic acids is 3. The minimum absolute atomic E-state index is 0.0356. The molecule has 0 bridgehead atoms. The van der Waals surface area contributed by atoms with E-state index in [1.165, 1.54) is 24.0 Å². The Morgan fingerprint density at radius 2 is 1.84 bits per heavy atom. The highest BCUT2D eigenvalue weighted by molar-refractivity contribution is 5.99. The summed E-state index contributed by atoms with van der Waals surface area (Å²) in [6, 6.07) is 5.71. The number of pyridine rings is 1. The average molecular weight is 718 g/mol. The molecule has 0 saturated carbocycles. The number of benzene rings is 1. The zero-order chi connectivity index (χ0) is 37.0. The molecule has 0 radical (unpaired) electrons. The van der Waals surface area contributed by atoms with Gasteiger partial charge in [-0.05, 0) is 63.4 Å². The number of piperazine rings is 1. The minimum Gasteiger partial charge on any atom is -0.470 e. The number of halogens is 3. The van der Waals surface area contributed by atoms with Crippen LogP contribution in [0.1, 0.15) is 51.4 Å². The molecule has 2 saturated heterocycles. The lowest BCUT2D eigenvalue weighted by molar-refractivity contribution is -0.142. The second-order valence-corrected chi connectivity index (χ2v) is 14.1. The SMILES string of the molecule is C=C1COc2nc(COC(C)=O)c(Cc3ccc(F)cc3)cc2N1C(=O)CN1C[C@@H](C)N(C(=O)OC(C)(C)C)C[C@@H]1CN1CCOC[C@H]1C(F)F. The molecule has 0 unspecified atom stereocenters. The van der Waals surface area contributed by atoms with E-state index in [-0.39, 0.29) is 82.8 Å². The summed E-state index contributed by atoms with van der Waals surface area (Å²) in [5, 5.41) is 0. The van der Waals surface area contributed by atoms with Crippen molar-refractivity contribution in [1.82, 2.24) is 19.7 Å². The highest BCUT2D eigenvalue weighted by Gasteiger charge is 2.41. The number of morpholine rings is 1. The third kappa shape index (κ3) is 9.57. The molecule has 1 aromatic carbocycles. The van der Waals surface area contributed by atoms with Gasteiger partial charge in [0.15, 0.2) is 0 Å². The monoisotopic (exact) mass is 717 g/mol. The topological polar surface area (TPSA) is 114 Å². The summed E-state index contributed by atoms with van der Waals surface area (Å²) >= 11 is 0. The third-order valence-electron chi connectivity index (χ3n) is 8.98. The Morgan fingerprint density at radius 3 is 2.51 bits per heavy atom. The molecule has 3 atom stereocenters. The smallest absolute Gasteiger partial charge is 0.410 e. The summed E-state index contributed by atoms with van der Waals surface area (Å²) in [6.07, 6.45) is -2.86. The first-order valence-electron chi connectivity index (χ1n) is 17.0. The number of hydrogen-bond donors (Lipinski definition) is 0. The van der Waals surface area contributed by atoms with E-state index in [2.05, 4.69) is 11.6 Å². The lowest BCUT2D eigenvalue weighted by atomic mass is 10.0. The molecule has 4 heterocycles. The van der Waals surface area contributed by atoms with E-state index in [1.807, 2.05) is 11.8 Å². The molecule has 15 heteroatoms. The van der Waals surface area contributed by atoms with Gasteiger partial charge < -0.3 is 23.8 Å². The van der Waals surface area contributed by atoms with Gasteiger partial charge in [0, 0.05) is 45.2 Å². The van der Waals surface area contributed by atoms with E-state index >= 15 is 0 Å². The normalized spacial score (nSPS) is 21.7. The van der Waals surface area contributed by atoms with E-state index in [0.29, 0.717) is 29.1 Å². The van der Waals surface area contributed by atoms with Crippen molar-refractivity contribution in [2.75, 3.05) is 57.4 Å². The van der Waals surface area contributed by atoms with Crippen molar-refractivity contribution in [3.05, 3.63) is 65.2 Å². The number of nitrogens with zero attached hydrogens (tertiary/aromatic N) is 5. The maximum absolute atomic E-state index is 14.3. The molecule has 3 aliphatic heterocycles. The van der Waals surface area contributed by atoms with Crippen LogP contribution < -0.4 is 9.64 Å². The van der Waals surface area contributed by atoms with Gasteiger partial charge in [0.2, 0.25) is 11.8 Å². The highest BCUT2D eigenvalue weighted by atomic mass is 19.3. The third-order valence-corrected chi connectivity index (χ3v) is 8.98. The Hall–Kier alpha value is -4.21. The van der Waals surface area contributed by atoms with Gasteiger partial charge in [-0.2, -0.15) is 0 Å². The number of carbonyl (C=O) groups is 3. The average Bonchev–Trinajstić information content (AvgIpc) is 3.05. The summed E-state index contributed by atoms with van der Waals surface area (Å²) in [6.45, 7) is 13.3. The van der Waals surface area contributed by atoms with Crippen LogP contribution in [0.3, 0.4) is 0 Å². The molecule has 5 rings (SSSR count). The molecule has 2 fully saturated rings. The van der Waals surface area contributed by atoms with Gasteiger partial charge in [-0.3, -0.25) is 24.3 Å². The second-order valence-electron chi connectivity index (χ2n) is 14.1. The quantitative estimate of drug-likeness (QED) is 0.347. The summed E-state index contributed by atoms with van der Waals surface area (Å²) in [4.78, 5) is 50.5. The van der Waals surface area contributed by atoms with Gasteiger partial charge >= 0.3 is 12.1 Å². The number of aromatic nitrogens is 1. The van der Waals surface area contributed by atoms with E-state index in [1.54, 1.807) is 48.8 Å². The van der Waals surface area contributed by atoms with Crippen LogP contribution in [-0.2, 0) is 36.8 Å². The fourth-order valence-corrected chi connectivity index (χ4v) is 6.48. The number of rotatable bonds is 9. The maximum Gasteiger partial charge on any atom is 0.410 e. The fourth-order valence-electron chi connectivity index (χ4n) is 6.48. The first-order valence-corrected chi connectivity index (χ1v) is 17.0. The van der Waals surface area contributed by atoms with Gasteiger partial charge in [0.05, 0.1) is 37.2 Å².